The van der Waals surface area contributed by atoms with Crippen LogP contribution in [0, 0.1) is 16.7 Å². The van der Waals surface area contributed by atoms with Gasteiger partial charge in [-0.3, -0.25) is 14.4 Å². The summed E-state index contributed by atoms with van der Waals surface area (Å²) in [5.41, 5.74) is -3.92. The first-order valence-electron chi connectivity index (χ1n) is 13.9. The van der Waals surface area contributed by atoms with Gasteiger partial charge in [0.15, 0.2) is 12.2 Å². The van der Waals surface area contributed by atoms with Gasteiger partial charge in [0.05, 0.1) is 18.4 Å². The van der Waals surface area contributed by atoms with Gasteiger partial charge in [0.2, 0.25) is 0 Å². The lowest BCUT2D eigenvalue weighted by Crippen LogP contribution is -2.80. The maximum atomic E-state index is 13.4. The number of allylic oxidation sites excluding steroid dienone is 1. The Kier molecular flexibility index (Phi) is 6.69. The molecule has 10 heteroatoms. The van der Waals surface area contributed by atoms with Gasteiger partial charge in [-0.05, 0) is 52.4 Å². The first-order valence-corrected chi connectivity index (χ1v) is 13.9. The van der Waals surface area contributed by atoms with Crippen molar-refractivity contribution in [1.82, 2.24) is 0 Å². The van der Waals surface area contributed by atoms with Gasteiger partial charge in [0, 0.05) is 24.8 Å². The van der Waals surface area contributed by atoms with Crippen LogP contribution in [-0.2, 0) is 47.6 Å². The molecular weight excluding hydrogens is 508 g/mol. The van der Waals surface area contributed by atoms with E-state index in [0.717, 1.165) is 12.8 Å². The van der Waals surface area contributed by atoms with Crippen LogP contribution in [0.1, 0.15) is 80.1 Å². The molecule has 10 nitrogen and oxygen atoms in total. The highest BCUT2D eigenvalue weighted by Crippen LogP contribution is 2.72. The van der Waals surface area contributed by atoms with Gasteiger partial charge in [0.25, 0.3) is 0 Å². The van der Waals surface area contributed by atoms with Gasteiger partial charge >= 0.3 is 23.9 Å². The molecule has 5 aliphatic rings. The third-order valence-electron chi connectivity index (χ3n) is 10.6. The lowest BCUT2D eigenvalue weighted by molar-refractivity contribution is -0.361. The Morgan fingerprint density at radius 1 is 1.00 bits per heavy atom. The van der Waals surface area contributed by atoms with E-state index in [9.17, 15) is 19.2 Å². The molecule has 0 aromatic heterocycles. The summed E-state index contributed by atoms with van der Waals surface area (Å²) >= 11 is 0. The van der Waals surface area contributed by atoms with Gasteiger partial charge in [0.1, 0.15) is 30.0 Å². The van der Waals surface area contributed by atoms with Gasteiger partial charge < -0.3 is 28.4 Å². The molecule has 0 aromatic carbocycles. The van der Waals surface area contributed by atoms with E-state index in [-0.39, 0.29) is 31.5 Å². The van der Waals surface area contributed by atoms with Crippen molar-refractivity contribution in [3.8, 4) is 0 Å². The number of esters is 4. The summed E-state index contributed by atoms with van der Waals surface area (Å²) in [5, 5.41) is 0. The summed E-state index contributed by atoms with van der Waals surface area (Å²) in [6, 6.07) is 0. The number of cyclic esters (lactones) is 1. The fourth-order valence-corrected chi connectivity index (χ4v) is 8.24. The van der Waals surface area contributed by atoms with Crippen LogP contribution in [0.25, 0.3) is 0 Å². The zero-order chi connectivity index (χ0) is 28.4. The monoisotopic (exact) mass is 548 g/mol. The third kappa shape index (κ3) is 4.04. The van der Waals surface area contributed by atoms with Crippen LogP contribution in [0.2, 0.25) is 0 Å². The summed E-state index contributed by atoms with van der Waals surface area (Å²) in [6.45, 7) is 10.6. The van der Waals surface area contributed by atoms with Crippen LogP contribution < -0.4 is 0 Å². The highest BCUT2D eigenvalue weighted by molar-refractivity contribution is 5.88. The summed E-state index contributed by atoms with van der Waals surface area (Å²) < 4.78 is 36.7. The quantitative estimate of drug-likeness (QED) is 0.219. The molecule has 0 bridgehead atoms. The minimum Gasteiger partial charge on any atom is -0.465 e. The van der Waals surface area contributed by atoms with Crippen LogP contribution in [0.5, 0.6) is 0 Å². The third-order valence-corrected chi connectivity index (χ3v) is 10.6. The summed E-state index contributed by atoms with van der Waals surface area (Å²) in [4.78, 5) is 50.6. The Labute approximate surface area is 229 Å². The van der Waals surface area contributed by atoms with Crippen molar-refractivity contribution in [2.45, 2.75) is 109 Å². The predicted octanol–water partition coefficient (Wildman–Crippen LogP) is 3.19. The van der Waals surface area contributed by atoms with E-state index in [1.54, 1.807) is 19.9 Å². The SMILES string of the molecule is C/C=C(\C)C(=O)O[C@H]1[C@H](OC(C)=O)[C@]2(C)O[C@@]3(CC[C@]2(C)[C@H]2CCC[C@]4(CO4)[C@]12COC(C)=O)COC(=O)C3. The zero-order valence-electron chi connectivity index (χ0n) is 23.8. The second-order valence-corrected chi connectivity index (χ2v) is 12.5. The van der Waals surface area contributed by atoms with Crippen molar-refractivity contribution >= 4 is 23.9 Å². The molecule has 39 heavy (non-hydrogen) atoms. The van der Waals surface area contributed by atoms with E-state index in [0.29, 0.717) is 31.4 Å². The number of hydrogen-bond acceptors (Lipinski definition) is 10. The number of epoxide rings is 1. The molecule has 0 amide bonds. The van der Waals surface area contributed by atoms with Gasteiger partial charge in [-0.1, -0.05) is 19.4 Å². The van der Waals surface area contributed by atoms with E-state index in [1.807, 2.05) is 6.92 Å². The molecule has 5 rings (SSSR count). The minimum absolute atomic E-state index is 0.0456. The molecule has 0 unspecified atom stereocenters. The maximum absolute atomic E-state index is 13.4. The zero-order valence-corrected chi connectivity index (χ0v) is 23.8. The Morgan fingerprint density at radius 3 is 2.28 bits per heavy atom. The first kappa shape index (κ1) is 28.1. The molecule has 3 heterocycles. The van der Waals surface area contributed by atoms with Crippen molar-refractivity contribution in [3.05, 3.63) is 11.6 Å². The highest BCUT2D eigenvalue weighted by atomic mass is 16.6. The summed E-state index contributed by atoms with van der Waals surface area (Å²) in [7, 11) is 0. The highest BCUT2D eigenvalue weighted by Gasteiger charge is 2.82. The van der Waals surface area contributed by atoms with E-state index in [1.165, 1.54) is 13.8 Å². The molecule has 3 aliphatic heterocycles. The van der Waals surface area contributed by atoms with Crippen LogP contribution in [0.15, 0.2) is 11.6 Å². The second-order valence-electron chi connectivity index (χ2n) is 12.5. The van der Waals surface area contributed by atoms with Crippen molar-refractivity contribution < 1.29 is 47.6 Å². The lowest BCUT2D eigenvalue weighted by Gasteiger charge is -2.70. The van der Waals surface area contributed by atoms with Crippen molar-refractivity contribution in [2.75, 3.05) is 19.8 Å². The molecule has 2 saturated carbocycles. The molecular formula is C29H40O10. The fraction of sp³-hybridized carbons (Fsp3) is 0.793. The Morgan fingerprint density at radius 2 is 1.72 bits per heavy atom. The normalized spacial score (nSPS) is 44.7. The molecule has 3 saturated heterocycles. The standard InChI is InChI=1S/C29H40O10/c1-7-17(2)24(33)38-23-22(37-19(4)31)26(6)25(5,11-12-27(39-26)13-21(32)35-14-27)20-9-8-10-28(15-36-28)29(20,23)16-34-18(3)30/h7,20,22-23H,8-16H2,1-6H3/b17-7+/t20-,22+,23+,25-,26+,27-,28+,29+/m1/s1. The average Bonchev–Trinajstić information content (AvgIpc) is 3.56. The molecule has 2 aliphatic carbocycles. The summed E-state index contributed by atoms with van der Waals surface area (Å²) in [5.74, 6) is -2.07. The predicted molar refractivity (Wildman–Crippen MR) is 135 cm³/mol. The van der Waals surface area contributed by atoms with Gasteiger partial charge in [-0.15, -0.1) is 0 Å². The lowest BCUT2D eigenvalue weighted by atomic mass is 9.40. The second kappa shape index (κ2) is 9.29. The Balaban J connectivity index is 1.72. The molecule has 0 radical (unpaired) electrons. The van der Waals surface area contributed by atoms with Crippen LogP contribution in [0.4, 0.5) is 0 Å². The van der Waals surface area contributed by atoms with Crippen molar-refractivity contribution in [1.29, 1.82) is 0 Å². The van der Waals surface area contributed by atoms with E-state index in [2.05, 4.69) is 6.92 Å². The first-order chi connectivity index (χ1) is 18.3. The minimum atomic E-state index is -1.16. The Hall–Kier alpha value is -2.46. The number of carbonyl (C=O) groups excluding carboxylic acids is 4. The molecule has 0 aromatic rings. The van der Waals surface area contributed by atoms with Gasteiger partial charge in [-0.25, -0.2) is 4.79 Å². The molecule has 0 N–H and O–H groups in total. The average molecular weight is 549 g/mol. The summed E-state index contributed by atoms with van der Waals surface area (Å²) in [6.07, 6.45) is 3.22. The Bertz CT molecular complexity index is 1110. The van der Waals surface area contributed by atoms with E-state index >= 15 is 0 Å². The largest absolute Gasteiger partial charge is 0.465 e. The van der Waals surface area contributed by atoms with Crippen LogP contribution in [-0.4, -0.2) is 72.7 Å². The molecule has 216 valence electrons. The number of hydrogen-bond donors (Lipinski definition) is 0. The fourth-order valence-electron chi connectivity index (χ4n) is 8.24. The van der Waals surface area contributed by atoms with Crippen LogP contribution in [0.3, 0.4) is 0 Å². The number of ether oxygens (including phenoxy) is 6. The molecule has 2 spiro atoms. The van der Waals surface area contributed by atoms with Gasteiger partial charge in [-0.2, -0.15) is 0 Å². The number of fused-ring (bicyclic) bond motifs is 4. The molecule has 8 atom stereocenters. The topological polar surface area (TPSA) is 127 Å². The van der Waals surface area contributed by atoms with E-state index in [4.69, 9.17) is 28.4 Å². The van der Waals surface area contributed by atoms with E-state index < -0.39 is 57.7 Å². The maximum Gasteiger partial charge on any atom is 0.333 e. The molecule has 5 fully saturated rings. The van der Waals surface area contributed by atoms with Crippen molar-refractivity contribution in [2.24, 2.45) is 16.7 Å². The van der Waals surface area contributed by atoms with Crippen LogP contribution >= 0.6 is 0 Å². The van der Waals surface area contributed by atoms with Crippen molar-refractivity contribution in [3.63, 3.8) is 0 Å². The number of rotatable bonds is 5. The number of carbonyl (C=O) groups is 4. The smallest absolute Gasteiger partial charge is 0.333 e.